The van der Waals surface area contributed by atoms with E-state index in [0.717, 1.165) is 5.56 Å². The fourth-order valence-corrected chi connectivity index (χ4v) is 4.85. The summed E-state index contributed by atoms with van der Waals surface area (Å²) < 4.78 is 33.5. The number of nitrogens with zero attached hydrogens (tertiary/aromatic N) is 4. The molecule has 0 spiro atoms. The highest BCUT2D eigenvalue weighted by molar-refractivity contribution is 7.86. The number of hydrogen-bond donors (Lipinski definition) is 0. The average molecular weight is 407 g/mol. The van der Waals surface area contributed by atoms with Crippen LogP contribution in [0.2, 0.25) is 0 Å². The maximum absolute atomic E-state index is 12.6. The molecule has 1 amide bonds. The van der Waals surface area contributed by atoms with Gasteiger partial charge in [-0.25, -0.2) is 4.98 Å². The highest BCUT2D eigenvalue weighted by Gasteiger charge is 2.32. The van der Waals surface area contributed by atoms with Crippen LogP contribution in [0.5, 0.6) is 0 Å². The Labute approximate surface area is 165 Å². The van der Waals surface area contributed by atoms with Gasteiger partial charge in [0.05, 0.1) is 12.1 Å². The molecule has 0 atom stereocenters. The van der Waals surface area contributed by atoms with Gasteiger partial charge in [0.15, 0.2) is 0 Å². The molecule has 1 aromatic carbocycles. The van der Waals surface area contributed by atoms with Crippen molar-refractivity contribution >= 4 is 16.1 Å². The third kappa shape index (κ3) is 4.43. The van der Waals surface area contributed by atoms with Gasteiger partial charge in [0.25, 0.3) is 10.2 Å². The summed E-state index contributed by atoms with van der Waals surface area (Å²) in [7, 11) is -3.46. The van der Waals surface area contributed by atoms with Crippen LogP contribution in [0.4, 0.5) is 0 Å². The number of oxazole rings is 1. The molecule has 152 valence electrons. The summed E-state index contributed by atoms with van der Waals surface area (Å²) in [6.07, 6.45) is 1.64. The van der Waals surface area contributed by atoms with Crippen molar-refractivity contribution in [1.29, 1.82) is 0 Å². The molecule has 0 N–H and O–H groups in total. The van der Waals surface area contributed by atoms with Gasteiger partial charge in [-0.1, -0.05) is 32.0 Å². The van der Waals surface area contributed by atoms with Crippen LogP contribution in [-0.2, 0) is 21.4 Å². The Kier molecular flexibility index (Phi) is 6.48. The van der Waals surface area contributed by atoms with E-state index in [1.807, 2.05) is 44.2 Å². The molecule has 2 heterocycles. The molecule has 8 nitrogen and oxygen atoms in total. The topological polar surface area (TPSA) is 87.0 Å². The van der Waals surface area contributed by atoms with Gasteiger partial charge in [-0.2, -0.15) is 17.0 Å². The second-order valence-electron chi connectivity index (χ2n) is 6.56. The number of aromatic nitrogens is 1. The van der Waals surface area contributed by atoms with Crippen LogP contribution < -0.4 is 0 Å². The lowest BCUT2D eigenvalue weighted by Gasteiger charge is -2.36. The zero-order valence-corrected chi connectivity index (χ0v) is 17.1. The van der Waals surface area contributed by atoms with Crippen molar-refractivity contribution in [1.82, 2.24) is 18.5 Å². The number of piperazine rings is 1. The summed E-state index contributed by atoms with van der Waals surface area (Å²) in [5.74, 6) is 0.409. The molecule has 0 aliphatic carbocycles. The first-order valence-corrected chi connectivity index (χ1v) is 10.9. The van der Waals surface area contributed by atoms with E-state index in [-0.39, 0.29) is 12.3 Å². The standard InChI is InChI=1S/C19H26N4O4S/c1-3-22(4-2)28(25,26)23-12-10-21(11-13-23)18(24)14-17-15-27-19(20-17)16-8-6-5-7-9-16/h5-9,15H,3-4,10-14H2,1-2H3. The van der Waals surface area contributed by atoms with Crippen LogP contribution in [-0.4, -0.2) is 72.1 Å². The highest BCUT2D eigenvalue weighted by Crippen LogP contribution is 2.19. The van der Waals surface area contributed by atoms with Crippen LogP contribution in [0.15, 0.2) is 41.0 Å². The molecule has 3 rings (SSSR count). The van der Waals surface area contributed by atoms with Crippen molar-refractivity contribution in [3.8, 4) is 11.5 Å². The van der Waals surface area contributed by atoms with Crippen molar-refractivity contribution in [2.24, 2.45) is 0 Å². The Balaban J connectivity index is 1.57. The zero-order valence-electron chi connectivity index (χ0n) is 16.2. The first-order chi connectivity index (χ1) is 13.5. The average Bonchev–Trinajstić information content (AvgIpc) is 3.18. The smallest absolute Gasteiger partial charge is 0.282 e. The second-order valence-corrected chi connectivity index (χ2v) is 8.49. The van der Waals surface area contributed by atoms with E-state index in [0.29, 0.717) is 50.9 Å². The molecule has 2 aromatic rings. The number of carbonyl (C=O) groups excluding carboxylic acids is 1. The maximum Gasteiger partial charge on any atom is 0.282 e. The van der Waals surface area contributed by atoms with Gasteiger partial charge >= 0.3 is 0 Å². The zero-order chi connectivity index (χ0) is 20.1. The molecule has 0 bridgehead atoms. The van der Waals surface area contributed by atoms with Crippen LogP contribution >= 0.6 is 0 Å². The molecule has 1 fully saturated rings. The Morgan fingerprint density at radius 1 is 1.11 bits per heavy atom. The van der Waals surface area contributed by atoms with Crippen molar-refractivity contribution in [2.45, 2.75) is 20.3 Å². The van der Waals surface area contributed by atoms with Gasteiger partial charge in [0.1, 0.15) is 6.26 Å². The second kappa shape index (κ2) is 8.85. The van der Waals surface area contributed by atoms with Gasteiger partial charge in [-0.15, -0.1) is 0 Å². The van der Waals surface area contributed by atoms with Gasteiger partial charge in [0, 0.05) is 44.8 Å². The first kappa shape index (κ1) is 20.5. The Morgan fingerprint density at radius 3 is 2.36 bits per heavy atom. The van der Waals surface area contributed by atoms with Crippen molar-refractivity contribution in [3.63, 3.8) is 0 Å². The minimum Gasteiger partial charge on any atom is -0.444 e. The van der Waals surface area contributed by atoms with Gasteiger partial charge < -0.3 is 9.32 Å². The lowest BCUT2D eigenvalue weighted by atomic mass is 10.2. The normalized spacial score (nSPS) is 15.9. The van der Waals surface area contributed by atoms with E-state index in [1.165, 1.54) is 14.9 Å². The molecule has 1 aliphatic rings. The van der Waals surface area contributed by atoms with E-state index in [9.17, 15) is 13.2 Å². The highest BCUT2D eigenvalue weighted by atomic mass is 32.2. The lowest BCUT2D eigenvalue weighted by molar-refractivity contribution is -0.131. The third-order valence-electron chi connectivity index (χ3n) is 4.85. The number of carbonyl (C=O) groups is 1. The summed E-state index contributed by atoms with van der Waals surface area (Å²) in [5.41, 5.74) is 1.43. The summed E-state index contributed by atoms with van der Waals surface area (Å²) in [6, 6.07) is 9.50. The largest absolute Gasteiger partial charge is 0.444 e. The fourth-order valence-electron chi connectivity index (χ4n) is 3.25. The predicted molar refractivity (Wildman–Crippen MR) is 106 cm³/mol. The number of benzene rings is 1. The number of rotatable bonds is 7. The van der Waals surface area contributed by atoms with E-state index in [4.69, 9.17) is 4.42 Å². The van der Waals surface area contributed by atoms with E-state index < -0.39 is 10.2 Å². The van der Waals surface area contributed by atoms with Gasteiger partial charge in [-0.3, -0.25) is 4.79 Å². The molecule has 0 saturated carbocycles. The molecule has 28 heavy (non-hydrogen) atoms. The van der Waals surface area contributed by atoms with Crippen molar-refractivity contribution in [2.75, 3.05) is 39.3 Å². The van der Waals surface area contributed by atoms with Crippen molar-refractivity contribution < 1.29 is 17.6 Å². The van der Waals surface area contributed by atoms with Crippen LogP contribution in [0.25, 0.3) is 11.5 Å². The Hall–Kier alpha value is -2.23. The molecule has 1 aromatic heterocycles. The quantitative estimate of drug-likeness (QED) is 0.697. The Bertz CT molecular complexity index is 886. The molecule has 1 aliphatic heterocycles. The summed E-state index contributed by atoms with van der Waals surface area (Å²) >= 11 is 0. The maximum atomic E-state index is 12.6. The van der Waals surface area contributed by atoms with Gasteiger partial charge in [-0.05, 0) is 12.1 Å². The number of amides is 1. The predicted octanol–water partition coefficient (Wildman–Crippen LogP) is 1.61. The SMILES string of the molecule is CCN(CC)S(=O)(=O)N1CCN(C(=O)Cc2coc(-c3ccccc3)n2)CC1. The minimum atomic E-state index is -3.46. The summed E-state index contributed by atoms with van der Waals surface area (Å²) in [5, 5.41) is 0. The summed E-state index contributed by atoms with van der Waals surface area (Å²) in [4.78, 5) is 18.7. The van der Waals surface area contributed by atoms with E-state index in [2.05, 4.69) is 4.98 Å². The molecule has 0 unspecified atom stereocenters. The third-order valence-corrected chi connectivity index (χ3v) is 7.04. The minimum absolute atomic E-state index is 0.0761. The van der Waals surface area contributed by atoms with Gasteiger partial charge in [0.2, 0.25) is 11.8 Å². The fraction of sp³-hybridized carbons (Fsp3) is 0.474. The molecule has 9 heteroatoms. The van der Waals surface area contributed by atoms with E-state index in [1.54, 1.807) is 4.90 Å². The van der Waals surface area contributed by atoms with Crippen LogP contribution in [0, 0.1) is 0 Å². The van der Waals surface area contributed by atoms with Crippen LogP contribution in [0.3, 0.4) is 0 Å². The first-order valence-electron chi connectivity index (χ1n) is 9.48. The lowest BCUT2D eigenvalue weighted by Crippen LogP contribution is -2.54. The number of hydrogen-bond acceptors (Lipinski definition) is 5. The molecular weight excluding hydrogens is 380 g/mol. The molecular formula is C19H26N4O4S. The Morgan fingerprint density at radius 2 is 1.75 bits per heavy atom. The monoisotopic (exact) mass is 406 g/mol. The molecule has 0 radical (unpaired) electrons. The van der Waals surface area contributed by atoms with Crippen molar-refractivity contribution in [3.05, 3.63) is 42.3 Å². The molecule has 1 saturated heterocycles. The van der Waals surface area contributed by atoms with Crippen LogP contribution in [0.1, 0.15) is 19.5 Å². The van der Waals surface area contributed by atoms with E-state index >= 15 is 0 Å². The summed E-state index contributed by atoms with van der Waals surface area (Å²) in [6.45, 7) is 5.88.